The molecule has 0 aliphatic rings. The number of phosphoric ester groups is 2. The zero-order chi connectivity index (χ0) is 58.7. The van der Waals surface area contributed by atoms with E-state index in [1.54, 1.807) is 0 Å². The van der Waals surface area contributed by atoms with E-state index in [0.717, 1.165) is 121 Å². The minimum Gasteiger partial charge on any atom is -0.462 e. The molecule has 0 radical (unpaired) electrons. The number of esters is 4. The molecule has 3 N–H and O–H groups in total. The van der Waals surface area contributed by atoms with Crippen LogP contribution in [-0.2, 0) is 65.4 Å². The molecule has 464 valence electrons. The van der Waals surface area contributed by atoms with Gasteiger partial charge >= 0.3 is 39.5 Å². The average Bonchev–Trinajstić information content (AvgIpc) is 3.41. The van der Waals surface area contributed by atoms with Crippen LogP contribution in [0.25, 0.3) is 0 Å². The van der Waals surface area contributed by atoms with Crippen LogP contribution in [-0.4, -0.2) is 96.7 Å². The van der Waals surface area contributed by atoms with Gasteiger partial charge in [-0.05, 0) is 63.2 Å². The monoisotopic (exact) mass is 1170 g/mol. The van der Waals surface area contributed by atoms with Crippen molar-refractivity contribution >= 4 is 39.5 Å². The third-order valence-corrected chi connectivity index (χ3v) is 15.3. The van der Waals surface area contributed by atoms with Crippen molar-refractivity contribution in [1.29, 1.82) is 0 Å². The Balaban J connectivity index is 5.22. The second-order valence-electron chi connectivity index (χ2n) is 21.8. The number of unbranched alkanes of at least 4 members (excludes halogenated alkanes) is 23. The number of phosphoric acid groups is 2. The highest BCUT2D eigenvalue weighted by Crippen LogP contribution is 2.45. The number of aliphatic hydroxyl groups excluding tert-OH is 1. The smallest absolute Gasteiger partial charge is 0.462 e. The van der Waals surface area contributed by atoms with Crippen molar-refractivity contribution in [3.63, 3.8) is 0 Å². The Labute approximate surface area is 478 Å². The van der Waals surface area contributed by atoms with E-state index in [2.05, 4.69) is 65.8 Å². The molecular weight excluding hydrogens is 1050 g/mol. The largest absolute Gasteiger partial charge is 0.472 e. The highest BCUT2D eigenvalue weighted by molar-refractivity contribution is 7.47. The van der Waals surface area contributed by atoms with E-state index in [0.29, 0.717) is 31.6 Å². The molecule has 0 saturated heterocycles. The van der Waals surface area contributed by atoms with Gasteiger partial charge in [0.1, 0.15) is 19.3 Å². The van der Waals surface area contributed by atoms with Gasteiger partial charge in [0.2, 0.25) is 0 Å². The quantitative estimate of drug-likeness (QED) is 0.0169. The molecule has 17 nitrogen and oxygen atoms in total. The van der Waals surface area contributed by atoms with Crippen LogP contribution in [0.15, 0.2) is 24.3 Å². The Morgan fingerprint density at radius 3 is 1.14 bits per heavy atom. The van der Waals surface area contributed by atoms with Crippen molar-refractivity contribution in [3.05, 3.63) is 24.3 Å². The summed E-state index contributed by atoms with van der Waals surface area (Å²) in [6, 6.07) is 0. The van der Waals surface area contributed by atoms with Crippen molar-refractivity contribution in [2.24, 2.45) is 11.8 Å². The van der Waals surface area contributed by atoms with Crippen LogP contribution in [0, 0.1) is 11.8 Å². The lowest BCUT2D eigenvalue weighted by Crippen LogP contribution is -2.30. The van der Waals surface area contributed by atoms with Crippen LogP contribution in [0.2, 0.25) is 0 Å². The maximum absolute atomic E-state index is 12.9. The lowest BCUT2D eigenvalue weighted by molar-refractivity contribution is -0.161. The van der Waals surface area contributed by atoms with Crippen LogP contribution in [0.4, 0.5) is 0 Å². The van der Waals surface area contributed by atoms with E-state index in [9.17, 15) is 43.2 Å². The van der Waals surface area contributed by atoms with Crippen LogP contribution < -0.4 is 0 Å². The van der Waals surface area contributed by atoms with Crippen LogP contribution in [0.3, 0.4) is 0 Å². The van der Waals surface area contributed by atoms with E-state index in [-0.39, 0.29) is 25.7 Å². The first kappa shape index (κ1) is 76.5. The van der Waals surface area contributed by atoms with Crippen molar-refractivity contribution in [3.8, 4) is 0 Å². The van der Waals surface area contributed by atoms with Crippen molar-refractivity contribution in [1.82, 2.24) is 0 Å². The van der Waals surface area contributed by atoms with E-state index in [4.69, 9.17) is 37.0 Å². The Kier molecular flexibility index (Phi) is 50.7. The van der Waals surface area contributed by atoms with Crippen LogP contribution >= 0.6 is 15.6 Å². The van der Waals surface area contributed by atoms with Gasteiger partial charge in [-0.25, -0.2) is 9.13 Å². The highest BCUT2D eigenvalue weighted by Gasteiger charge is 2.30. The maximum Gasteiger partial charge on any atom is 0.472 e. The predicted octanol–water partition coefficient (Wildman–Crippen LogP) is 15.6. The SMILES string of the molecule is CCCCCC/C=C\C=C/CCCCCCCC(=O)O[C@H](COC(=O)CCCCCCCCC(C)CC)COP(=O)(O)OC[C@@H](O)COP(=O)(O)OC[C@@H](COC(=O)CCCCCCC)OC(=O)CCCCCCCCC(C)C. The molecule has 6 atom stereocenters. The topological polar surface area (TPSA) is 237 Å². The number of ether oxygens (including phenoxy) is 4. The molecule has 0 saturated carbocycles. The number of allylic oxidation sites excluding steroid dienone is 4. The summed E-state index contributed by atoms with van der Waals surface area (Å²) in [6.07, 6.45) is 36.3. The second kappa shape index (κ2) is 52.4. The maximum atomic E-state index is 12.9. The molecule has 0 heterocycles. The summed E-state index contributed by atoms with van der Waals surface area (Å²) in [6.45, 7) is 9.16. The van der Waals surface area contributed by atoms with Gasteiger partial charge in [-0.1, -0.05) is 214 Å². The number of hydrogen-bond donors (Lipinski definition) is 3. The summed E-state index contributed by atoms with van der Waals surface area (Å²) in [5.41, 5.74) is 0. The molecule has 0 bridgehead atoms. The number of rotatable bonds is 57. The minimum absolute atomic E-state index is 0.0835. The first-order chi connectivity index (χ1) is 37.9. The average molecular weight is 1170 g/mol. The highest BCUT2D eigenvalue weighted by atomic mass is 31.2. The van der Waals surface area contributed by atoms with Gasteiger partial charge in [-0.2, -0.15) is 0 Å². The Morgan fingerprint density at radius 1 is 0.418 bits per heavy atom. The number of carbonyl (C=O) groups is 4. The second-order valence-corrected chi connectivity index (χ2v) is 24.7. The van der Waals surface area contributed by atoms with Crippen molar-refractivity contribution < 1.29 is 80.2 Å². The lowest BCUT2D eigenvalue weighted by atomic mass is 10.00. The molecule has 0 amide bonds. The summed E-state index contributed by atoms with van der Waals surface area (Å²) in [4.78, 5) is 71.7. The molecule has 3 unspecified atom stereocenters. The molecule has 79 heavy (non-hydrogen) atoms. The van der Waals surface area contributed by atoms with Gasteiger partial charge in [0.25, 0.3) is 0 Å². The first-order valence-electron chi connectivity index (χ1n) is 30.8. The fourth-order valence-electron chi connectivity index (χ4n) is 8.25. The van der Waals surface area contributed by atoms with E-state index >= 15 is 0 Å². The van der Waals surface area contributed by atoms with Gasteiger partial charge in [0.05, 0.1) is 26.4 Å². The van der Waals surface area contributed by atoms with E-state index in [1.165, 1.54) is 57.8 Å². The Hall–Kier alpha value is -2.46. The number of hydrogen-bond acceptors (Lipinski definition) is 15. The Bertz CT molecular complexity index is 1660. The third-order valence-electron chi connectivity index (χ3n) is 13.4. The zero-order valence-corrected chi connectivity index (χ0v) is 51.9. The summed E-state index contributed by atoms with van der Waals surface area (Å²) in [7, 11) is -9.88. The molecule has 0 aliphatic carbocycles. The fourth-order valence-corrected chi connectivity index (χ4v) is 9.83. The lowest BCUT2D eigenvalue weighted by Gasteiger charge is -2.21. The molecule has 0 aliphatic heterocycles. The minimum atomic E-state index is -4.95. The van der Waals surface area contributed by atoms with Gasteiger partial charge in [-0.3, -0.25) is 37.3 Å². The molecule has 0 fully saturated rings. The summed E-state index contributed by atoms with van der Waals surface area (Å²) in [5, 5.41) is 10.5. The van der Waals surface area contributed by atoms with Gasteiger partial charge in [0.15, 0.2) is 12.2 Å². The summed E-state index contributed by atoms with van der Waals surface area (Å²) in [5.74, 6) is -0.791. The third kappa shape index (κ3) is 53.3. The first-order valence-corrected chi connectivity index (χ1v) is 33.8. The van der Waals surface area contributed by atoms with Gasteiger partial charge in [0, 0.05) is 25.7 Å². The fraction of sp³-hybridized carbons (Fsp3) is 0.867. The van der Waals surface area contributed by atoms with Gasteiger partial charge in [-0.15, -0.1) is 0 Å². The summed E-state index contributed by atoms with van der Waals surface area (Å²) < 4.78 is 67.5. The standard InChI is InChI=1S/C60H112O17P2/c1-7-10-12-14-15-16-17-18-19-20-21-22-23-32-38-44-59(64)76-56(49-71-58(63)43-37-31-27-25-30-35-41-53(6)9-3)51-75-79(68,69)73-47-54(61)46-72-78(66,67)74-50-55(48-70-57(62)42-36-28-13-11-8-2)77-60(65)45-39-33-26-24-29-34-40-52(4)5/h16-19,52-56,61H,7-15,20-51H2,1-6H3,(H,66,67)(H,68,69)/b17-16-,19-18-/t53?,54-,55+,56+/m0/s1. The van der Waals surface area contributed by atoms with Gasteiger partial charge < -0.3 is 33.8 Å². The normalized spacial score (nSPS) is 15.0. The molecule has 0 aromatic carbocycles. The van der Waals surface area contributed by atoms with Crippen molar-refractivity contribution in [2.75, 3.05) is 39.6 Å². The zero-order valence-electron chi connectivity index (χ0n) is 50.1. The number of carbonyl (C=O) groups excluding carboxylic acids is 4. The van der Waals surface area contributed by atoms with Crippen molar-refractivity contribution in [2.45, 2.75) is 285 Å². The van der Waals surface area contributed by atoms with Crippen LogP contribution in [0.1, 0.15) is 266 Å². The van der Waals surface area contributed by atoms with Crippen LogP contribution in [0.5, 0.6) is 0 Å². The predicted molar refractivity (Wildman–Crippen MR) is 312 cm³/mol. The molecule has 19 heteroatoms. The van der Waals surface area contributed by atoms with E-state index in [1.807, 2.05) is 0 Å². The summed E-state index contributed by atoms with van der Waals surface area (Å²) >= 11 is 0. The molecular formula is C60H112O17P2. The molecule has 0 rings (SSSR count). The van der Waals surface area contributed by atoms with E-state index < -0.39 is 97.5 Å². The molecule has 0 aromatic rings. The molecule has 0 spiro atoms. The number of aliphatic hydroxyl groups is 1. The molecule has 0 aromatic heterocycles. The Morgan fingerprint density at radius 2 is 0.747 bits per heavy atom.